The first kappa shape index (κ1) is 31.4. The standard InChI is InChI=1S/C26H31N3O11S/c1-26(2,41-12-16(24(35)28-10-21(32)33)29-20(31)5-4-15(27)25(36)37)19(30)11-39-23-13-3-6-22(34)40-18(13)9-17-14(23)7-8-38-17/h3,6-9,15-16,19,30H,4-5,10-12,27H2,1-2H3,(H,28,35)(H,29,31)(H,32,33)(H,36,37). The van der Waals surface area contributed by atoms with E-state index < -0.39 is 58.9 Å². The zero-order valence-electron chi connectivity index (χ0n) is 22.2. The molecule has 3 rings (SSSR count). The molecule has 14 nitrogen and oxygen atoms in total. The second-order valence-electron chi connectivity index (χ2n) is 9.66. The largest absolute Gasteiger partial charge is 0.489 e. The van der Waals surface area contributed by atoms with Gasteiger partial charge in [0.15, 0.2) is 0 Å². The van der Waals surface area contributed by atoms with Crippen molar-refractivity contribution >= 4 is 57.5 Å². The number of fused-ring (bicyclic) bond motifs is 2. The van der Waals surface area contributed by atoms with Crippen molar-refractivity contribution in [3.63, 3.8) is 0 Å². The maximum absolute atomic E-state index is 12.6. The molecule has 3 unspecified atom stereocenters. The summed E-state index contributed by atoms with van der Waals surface area (Å²) in [4.78, 5) is 58.5. The molecule has 0 radical (unpaired) electrons. The lowest BCUT2D eigenvalue weighted by molar-refractivity contribution is -0.139. The number of benzene rings is 1. The van der Waals surface area contributed by atoms with Gasteiger partial charge in [0.05, 0.1) is 17.0 Å². The highest BCUT2D eigenvalue weighted by Crippen LogP contribution is 2.36. The molecule has 0 bridgehead atoms. The Morgan fingerprint density at radius 2 is 1.83 bits per heavy atom. The van der Waals surface area contributed by atoms with Gasteiger partial charge in [-0.1, -0.05) is 0 Å². The number of carbonyl (C=O) groups is 4. The topological polar surface area (TPSA) is 232 Å². The molecule has 41 heavy (non-hydrogen) atoms. The third kappa shape index (κ3) is 8.45. The summed E-state index contributed by atoms with van der Waals surface area (Å²) in [6, 6.07) is 3.58. The molecule has 0 fully saturated rings. The number of carbonyl (C=O) groups excluding carboxylic acids is 2. The number of thioether (sulfide) groups is 1. The summed E-state index contributed by atoms with van der Waals surface area (Å²) in [6.45, 7) is 2.52. The van der Waals surface area contributed by atoms with Crippen LogP contribution in [0, 0.1) is 0 Å². The number of rotatable bonds is 15. The van der Waals surface area contributed by atoms with Crippen LogP contribution in [0.25, 0.3) is 21.9 Å². The van der Waals surface area contributed by atoms with E-state index in [0.29, 0.717) is 22.1 Å². The van der Waals surface area contributed by atoms with Crippen molar-refractivity contribution in [3.05, 3.63) is 40.9 Å². The number of carboxylic acid groups (broad SMARTS) is 2. The van der Waals surface area contributed by atoms with E-state index >= 15 is 0 Å². The zero-order chi connectivity index (χ0) is 30.3. The highest BCUT2D eigenvalue weighted by atomic mass is 32.2. The number of nitrogens with two attached hydrogens (primary N) is 1. The molecular formula is C26H31N3O11S. The summed E-state index contributed by atoms with van der Waals surface area (Å²) in [7, 11) is 0. The Kier molecular flexibility index (Phi) is 10.4. The van der Waals surface area contributed by atoms with Gasteiger partial charge in [-0.25, -0.2) is 4.79 Å². The summed E-state index contributed by atoms with van der Waals surface area (Å²) in [5.41, 5.74) is 5.54. The number of nitrogens with one attached hydrogen (secondary N) is 2. The van der Waals surface area contributed by atoms with Crippen LogP contribution in [0.15, 0.2) is 44.2 Å². The molecular weight excluding hydrogens is 562 g/mol. The first-order valence-corrected chi connectivity index (χ1v) is 13.4. The van der Waals surface area contributed by atoms with Crippen LogP contribution in [0.5, 0.6) is 5.75 Å². The SMILES string of the molecule is CC(C)(SCC(NC(=O)CCC(N)C(=O)O)C(=O)NCC(=O)O)C(O)COc1c2ccoc2cc2oc(=O)ccc12. The molecule has 2 heterocycles. The van der Waals surface area contributed by atoms with E-state index in [2.05, 4.69) is 10.6 Å². The van der Waals surface area contributed by atoms with E-state index in [9.17, 15) is 29.1 Å². The minimum absolute atomic E-state index is 0.0579. The predicted molar refractivity (Wildman–Crippen MR) is 148 cm³/mol. The molecule has 2 aromatic heterocycles. The molecule has 0 spiro atoms. The van der Waals surface area contributed by atoms with E-state index in [0.717, 1.165) is 11.8 Å². The summed E-state index contributed by atoms with van der Waals surface area (Å²) in [6.07, 6.45) is -0.0913. The Hall–Kier alpha value is -4.08. The number of hydrogen-bond donors (Lipinski definition) is 6. The number of amides is 2. The average Bonchev–Trinajstić information content (AvgIpc) is 3.38. The predicted octanol–water partition coefficient (Wildman–Crippen LogP) is 0.668. The Morgan fingerprint density at radius 3 is 2.51 bits per heavy atom. The van der Waals surface area contributed by atoms with Gasteiger partial charge in [0.2, 0.25) is 11.8 Å². The Labute approximate surface area is 237 Å². The van der Waals surface area contributed by atoms with Crippen molar-refractivity contribution in [2.24, 2.45) is 5.73 Å². The summed E-state index contributed by atoms with van der Waals surface area (Å²) in [5.74, 6) is -3.69. The van der Waals surface area contributed by atoms with Crippen molar-refractivity contribution in [3.8, 4) is 5.75 Å². The smallest absolute Gasteiger partial charge is 0.336 e. The van der Waals surface area contributed by atoms with Crippen LogP contribution < -0.4 is 26.7 Å². The van der Waals surface area contributed by atoms with Gasteiger partial charge >= 0.3 is 17.6 Å². The van der Waals surface area contributed by atoms with Crippen molar-refractivity contribution < 1.29 is 48.1 Å². The van der Waals surface area contributed by atoms with Gasteiger partial charge in [-0.2, -0.15) is 11.8 Å². The van der Waals surface area contributed by atoms with Gasteiger partial charge in [0.1, 0.15) is 48.3 Å². The van der Waals surface area contributed by atoms with Crippen LogP contribution in [0.3, 0.4) is 0 Å². The van der Waals surface area contributed by atoms with Gasteiger partial charge in [-0.15, -0.1) is 0 Å². The van der Waals surface area contributed by atoms with Crippen molar-refractivity contribution in [2.45, 2.75) is 49.6 Å². The molecule has 0 aliphatic carbocycles. The van der Waals surface area contributed by atoms with Crippen LogP contribution in [0.1, 0.15) is 26.7 Å². The summed E-state index contributed by atoms with van der Waals surface area (Å²) >= 11 is 1.12. The molecule has 2 amide bonds. The fourth-order valence-corrected chi connectivity index (χ4v) is 4.76. The average molecular weight is 594 g/mol. The molecule has 7 N–H and O–H groups in total. The Balaban J connectivity index is 1.68. The maximum atomic E-state index is 12.6. The number of aliphatic hydroxyl groups is 1. The van der Waals surface area contributed by atoms with Crippen LogP contribution in [0.2, 0.25) is 0 Å². The monoisotopic (exact) mass is 593 g/mol. The number of furan rings is 1. The van der Waals surface area contributed by atoms with Crippen LogP contribution in [0.4, 0.5) is 0 Å². The van der Waals surface area contributed by atoms with E-state index in [1.54, 1.807) is 32.0 Å². The van der Waals surface area contributed by atoms with Gasteiger partial charge < -0.3 is 45.3 Å². The van der Waals surface area contributed by atoms with E-state index in [4.69, 9.17) is 29.5 Å². The van der Waals surface area contributed by atoms with E-state index in [1.807, 2.05) is 0 Å². The molecule has 0 aliphatic heterocycles. The normalized spacial score (nSPS) is 13.9. The molecule has 0 aliphatic rings. The Morgan fingerprint density at radius 1 is 1.12 bits per heavy atom. The lowest BCUT2D eigenvalue weighted by Gasteiger charge is -2.31. The minimum atomic E-state index is -1.28. The number of ether oxygens (including phenoxy) is 1. The van der Waals surface area contributed by atoms with Crippen molar-refractivity contribution in [1.29, 1.82) is 0 Å². The second kappa shape index (κ2) is 13.5. The number of aliphatic hydroxyl groups excluding tert-OH is 1. The third-order valence-electron chi connectivity index (χ3n) is 6.18. The maximum Gasteiger partial charge on any atom is 0.336 e. The first-order valence-electron chi connectivity index (χ1n) is 12.4. The van der Waals surface area contributed by atoms with Crippen molar-refractivity contribution in [1.82, 2.24) is 10.6 Å². The number of carboxylic acids is 2. The van der Waals surface area contributed by atoms with Crippen LogP contribution in [-0.4, -0.2) is 80.9 Å². The quantitative estimate of drug-likeness (QED) is 0.133. The molecule has 1 aromatic carbocycles. The van der Waals surface area contributed by atoms with Gasteiger partial charge in [-0.3, -0.25) is 19.2 Å². The Bertz CT molecular complexity index is 1480. The van der Waals surface area contributed by atoms with E-state index in [-0.39, 0.29) is 30.8 Å². The fraction of sp³-hybridized carbons (Fsp3) is 0.423. The molecule has 3 atom stereocenters. The zero-order valence-corrected chi connectivity index (χ0v) is 23.1. The van der Waals surface area contributed by atoms with Gasteiger partial charge in [0, 0.05) is 29.1 Å². The van der Waals surface area contributed by atoms with Crippen molar-refractivity contribution in [2.75, 3.05) is 18.9 Å². The van der Waals surface area contributed by atoms with Gasteiger partial charge in [0.25, 0.3) is 0 Å². The fourth-order valence-electron chi connectivity index (χ4n) is 3.67. The molecule has 0 saturated carbocycles. The highest BCUT2D eigenvalue weighted by Gasteiger charge is 2.32. The van der Waals surface area contributed by atoms with Crippen LogP contribution >= 0.6 is 11.8 Å². The lowest BCUT2D eigenvalue weighted by Crippen LogP contribution is -2.50. The van der Waals surface area contributed by atoms with Crippen LogP contribution in [-0.2, 0) is 19.2 Å². The second-order valence-corrected chi connectivity index (χ2v) is 11.3. The molecule has 3 aromatic rings. The van der Waals surface area contributed by atoms with Gasteiger partial charge in [-0.05, 0) is 32.4 Å². The minimum Gasteiger partial charge on any atom is -0.489 e. The molecule has 0 saturated heterocycles. The lowest BCUT2D eigenvalue weighted by atomic mass is 10.1. The van der Waals surface area contributed by atoms with E-state index in [1.165, 1.54) is 12.3 Å². The first-order chi connectivity index (χ1) is 19.3. The summed E-state index contributed by atoms with van der Waals surface area (Å²) < 4.78 is 15.7. The number of aliphatic carboxylic acids is 2. The summed E-state index contributed by atoms with van der Waals surface area (Å²) in [5, 5.41) is 34.6. The number of hydrogen-bond acceptors (Lipinski definition) is 11. The highest BCUT2D eigenvalue weighted by molar-refractivity contribution is 8.00. The molecule has 222 valence electrons. The molecule has 15 heteroatoms. The third-order valence-corrected chi connectivity index (χ3v) is 7.70.